The molecule has 1 aromatic carbocycles. The van der Waals surface area contributed by atoms with Gasteiger partial charge in [0.15, 0.2) is 0 Å². The monoisotopic (exact) mass is 414 g/mol. The van der Waals surface area contributed by atoms with Gasteiger partial charge in [-0.15, -0.1) is 0 Å². The Balaban J connectivity index is 1.68. The maximum atomic E-state index is 13.4. The van der Waals surface area contributed by atoms with Crippen LogP contribution in [0.5, 0.6) is 0 Å². The molecule has 1 saturated heterocycles. The molecule has 0 bridgehead atoms. The molecule has 3 aromatic rings. The van der Waals surface area contributed by atoms with Crippen LogP contribution in [0.1, 0.15) is 61.3 Å². The number of carbonyl (C=O) groups excluding carboxylic acids is 1. The van der Waals surface area contributed by atoms with Crippen molar-refractivity contribution in [2.75, 3.05) is 6.54 Å². The van der Waals surface area contributed by atoms with E-state index in [0.717, 1.165) is 66.9 Å². The van der Waals surface area contributed by atoms with Gasteiger partial charge in [-0.3, -0.25) is 9.78 Å². The van der Waals surface area contributed by atoms with Crippen LogP contribution in [0.15, 0.2) is 55.0 Å². The van der Waals surface area contributed by atoms with Gasteiger partial charge >= 0.3 is 0 Å². The topological polar surface area (TPSA) is 59.0 Å². The van der Waals surface area contributed by atoms with E-state index in [1.54, 1.807) is 12.4 Å². The highest BCUT2D eigenvalue weighted by Gasteiger charge is 2.31. The van der Waals surface area contributed by atoms with E-state index in [2.05, 4.69) is 48.1 Å². The Hall–Kier alpha value is -3.08. The average Bonchev–Trinajstić information content (AvgIpc) is 2.81. The molecule has 1 fully saturated rings. The molecule has 5 nitrogen and oxygen atoms in total. The number of aromatic nitrogens is 3. The second-order valence-corrected chi connectivity index (χ2v) is 8.33. The highest BCUT2D eigenvalue weighted by Crippen LogP contribution is 2.36. The first kappa shape index (κ1) is 21.2. The minimum Gasteiger partial charge on any atom is -0.334 e. The third-order valence-corrected chi connectivity index (χ3v) is 5.95. The molecule has 0 saturated carbocycles. The molecule has 1 aliphatic heterocycles. The zero-order valence-corrected chi connectivity index (χ0v) is 18.4. The van der Waals surface area contributed by atoms with Crippen LogP contribution in [0.25, 0.3) is 11.1 Å². The van der Waals surface area contributed by atoms with Crippen LogP contribution in [0, 0.1) is 6.92 Å². The number of amides is 1. The summed E-state index contributed by atoms with van der Waals surface area (Å²) in [5.74, 6) is 1.02. The van der Waals surface area contributed by atoms with Crippen LogP contribution in [0.4, 0.5) is 0 Å². The van der Waals surface area contributed by atoms with Crippen molar-refractivity contribution < 1.29 is 4.79 Å². The van der Waals surface area contributed by atoms with E-state index < -0.39 is 0 Å². The van der Waals surface area contributed by atoms with Gasteiger partial charge in [-0.2, -0.15) is 0 Å². The SMILES string of the molecule is CCCc1ncc(-c2ccncc2)c([C@@H]2CCCCN2C(=O)Cc2ccc(C)cc2)n1. The number of hydrogen-bond donors (Lipinski definition) is 0. The Morgan fingerprint density at radius 2 is 1.87 bits per heavy atom. The van der Waals surface area contributed by atoms with Gasteiger partial charge in [0.05, 0.1) is 18.2 Å². The van der Waals surface area contributed by atoms with Crippen LogP contribution in [0.3, 0.4) is 0 Å². The number of benzene rings is 1. The predicted molar refractivity (Wildman–Crippen MR) is 122 cm³/mol. The summed E-state index contributed by atoms with van der Waals surface area (Å²) in [5, 5.41) is 0. The maximum absolute atomic E-state index is 13.4. The lowest BCUT2D eigenvalue weighted by Crippen LogP contribution is -2.40. The first-order valence-electron chi connectivity index (χ1n) is 11.3. The summed E-state index contributed by atoms with van der Waals surface area (Å²) in [6, 6.07) is 12.2. The van der Waals surface area contributed by atoms with Gasteiger partial charge in [0.25, 0.3) is 0 Å². The van der Waals surface area contributed by atoms with Gasteiger partial charge in [-0.25, -0.2) is 9.97 Å². The lowest BCUT2D eigenvalue weighted by molar-refractivity contribution is -0.134. The third kappa shape index (κ3) is 4.98. The molecule has 5 heteroatoms. The molecular weight excluding hydrogens is 384 g/mol. The fraction of sp³-hybridized carbons (Fsp3) is 0.385. The van der Waals surface area contributed by atoms with Crippen LogP contribution >= 0.6 is 0 Å². The summed E-state index contributed by atoms with van der Waals surface area (Å²) in [4.78, 5) is 29.2. The van der Waals surface area contributed by atoms with E-state index in [1.165, 1.54) is 5.56 Å². The van der Waals surface area contributed by atoms with Gasteiger partial charge in [0.1, 0.15) is 5.82 Å². The fourth-order valence-corrected chi connectivity index (χ4v) is 4.28. The number of nitrogens with zero attached hydrogens (tertiary/aromatic N) is 4. The molecule has 4 rings (SSSR count). The van der Waals surface area contributed by atoms with Crippen LogP contribution in [-0.4, -0.2) is 32.3 Å². The lowest BCUT2D eigenvalue weighted by atomic mass is 9.93. The first-order chi connectivity index (χ1) is 15.2. The average molecular weight is 415 g/mol. The number of rotatable bonds is 6. The lowest BCUT2D eigenvalue weighted by Gasteiger charge is -2.36. The Bertz CT molecular complexity index is 1020. The Morgan fingerprint density at radius 1 is 1.10 bits per heavy atom. The van der Waals surface area contributed by atoms with Crippen LogP contribution < -0.4 is 0 Å². The smallest absolute Gasteiger partial charge is 0.227 e. The quantitative estimate of drug-likeness (QED) is 0.563. The molecule has 0 spiro atoms. The molecule has 1 atom stereocenters. The number of hydrogen-bond acceptors (Lipinski definition) is 4. The van der Waals surface area contributed by atoms with Crippen molar-refractivity contribution in [2.45, 2.75) is 58.4 Å². The largest absolute Gasteiger partial charge is 0.334 e. The highest BCUT2D eigenvalue weighted by atomic mass is 16.2. The van der Waals surface area contributed by atoms with Crippen molar-refractivity contribution >= 4 is 5.91 Å². The number of pyridine rings is 1. The number of likely N-dealkylation sites (tertiary alicyclic amines) is 1. The molecule has 0 aliphatic carbocycles. The predicted octanol–water partition coefficient (Wildman–Crippen LogP) is 5.10. The Kier molecular flexibility index (Phi) is 6.70. The van der Waals surface area contributed by atoms with Crippen molar-refractivity contribution in [1.82, 2.24) is 19.9 Å². The normalized spacial score (nSPS) is 16.3. The Morgan fingerprint density at radius 3 is 2.61 bits per heavy atom. The minimum atomic E-state index is -0.0199. The summed E-state index contributed by atoms with van der Waals surface area (Å²) in [7, 11) is 0. The summed E-state index contributed by atoms with van der Waals surface area (Å²) in [6.45, 7) is 4.98. The Labute approximate surface area is 184 Å². The maximum Gasteiger partial charge on any atom is 0.227 e. The number of aryl methyl sites for hydroxylation is 2. The number of carbonyl (C=O) groups is 1. The van der Waals surface area contributed by atoms with E-state index >= 15 is 0 Å². The van der Waals surface area contributed by atoms with Crippen molar-refractivity contribution in [3.63, 3.8) is 0 Å². The number of piperidine rings is 1. The molecular formula is C26H30N4O. The second kappa shape index (κ2) is 9.82. The van der Waals surface area contributed by atoms with Crippen molar-refractivity contribution in [3.8, 4) is 11.1 Å². The standard InChI is InChI=1S/C26H30N4O/c1-3-6-24-28-18-22(21-12-14-27-15-13-21)26(29-24)23-7-4-5-16-30(23)25(31)17-20-10-8-19(2)9-11-20/h8-15,18,23H,3-7,16-17H2,1-2H3/t23-/m0/s1. The first-order valence-corrected chi connectivity index (χ1v) is 11.3. The van der Waals surface area contributed by atoms with Gasteiger partial charge in [-0.05, 0) is 55.9 Å². The van der Waals surface area contributed by atoms with Gasteiger partial charge in [-0.1, -0.05) is 36.8 Å². The van der Waals surface area contributed by atoms with E-state index in [-0.39, 0.29) is 11.9 Å². The minimum absolute atomic E-state index is 0.0199. The van der Waals surface area contributed by atoms with Gasteiger partial charge in [0.2, 0.25) is 5.91 Å². The highest BCUT2D eigenvalue weighted by molar-refractivity contribution is 5.80. The molecule has 0 radical (unpaired) electrons. The molecule has 3 heterocycles. The van der Waals surface area contributed by atoms with Gasteiger partial charge in [0, 0.05) is 37.1 Å². The van der Waals surface area contributed by atoms with Gasteiger partial charge < -0.3 is 4.90 Å². The van der Waals surface area contributed by atoms with E-state index in [1.807, 2.05) is 23.2 Å². The summed E-state index contributed by atoms with van der Waals surface area (Å²) in [5.41, 5.74) is 5.29. The molecule has 2 aromatic heterocycles. The molecule has 0 N–H and O–H groups in total. The van der Waals surface area contributed by atoms with Crippen LogP contribution in [0.2, 0.25) is 0 Å². The van der Waals surface area contributed by atoms with Crippen molar-refractivity contribution in [1.29, 1.82) is 0 Å². The summed E-state index contributed by atoms with van der Waals surface area (Å²) < 4.78 is 0. The zero-order valence-electron chi connectivity index (χ0n) is 18.4. The van der Waals surface area contributed by atoms with E-state index in [9.17, 15) is 4.79 Å². The van der Waals surface area contributed by atoms with E-state index in [0.29, 0.717) is 6.42 Å². The van der Waals surface area contributed by atoms with E-state index in [4.69, 9.17) is 4.98 Å². The van der Waals surface area contributed by atoms with Crippen molar-refractivity contribution in [3.05, 3.63) is 77.6 Å². The molecule has 0 unspecified atom stereocenters. The zero-order chi connectivity index (χ0) is 21.6. The third-order valence-electron chi connectivity index (χ3n) is 5.95. The van der Waals surface area contributed by atoms with Crippen LogP contribution in [-0.2, 0) is 17.6 Å². The molecule has 1 amide bonds. The molecule has 31 heavy (non-hydrogen) atoms. The molecule has 1 aliphatic rings. The summed E-state index contributed by atoms with van der Waals surface area (Å²) in [6.07, 6.45) is 10.8. The van der Waals surface area contributed by atoms with Crippen molar-refractivity contribution in [2.24, 2.45) is 0 Å². The summed E-state index contributed by atoms with van der Waals surface area (Å²) >= 11 is 0. The fourth-order valence-electron chi connectivity index (χ4n) is 4.28. The second-order valence-electron chi connectivity index (χ2n) is 8.33. The molecule has 160 valence electrons.